The van der Waals surface area contributed by atoms with Crippen LogP contribution in [0.1, 0.15) is 34.2 Å². The Kier molecular flexibility index (Phi) is 3.63. The molecule has 2 heterocycles. The Morgan fingerprint density at radius 3 is 2.82 bits per heavy atom. The van der Waals surface area contributed by atoms with Gasteiger partial charge in [0.15, 0.2) is 5.65 Å². The normalized spacial score (nSPS) is 11.0. The molecule has 1 aromatic carbocycles. The molecule has 2 aromatic heterocycles. The highest BCUT2D eigenvalue weighted by Gasteiger charge is 2.15. The van der Waals surface area contributed by atoms with Crippen LogP contribution in [-0.4, -0.2) is 25.6 Å². The van der Waals surface area contributed by atoms with E-state index in [9.17, 15) is 9.90 Å². The van der Waals surface area contributed by atoms with Gasteiger partial charge in [-0.15, -0.1) is 0 Å². The van der Waals surface area contributed by atoms with E-state index in [4.69, 9.17) is 0 Å². The largest absolute Gasteiger partial charge is 0.478 e. The lowest BCUT2D eigenvalue weighted by Crippen LogP contribution is -2.09. The highest BCUT2D eigenvalue weighted by molar-refractivity contribution is 5.89. The molecule has 112 valence electrons. The van der Waals surface area contributed by atoms with E-state index in [0.29, 0.717) is 12.1 Å². The Morgan fingerprint density at radius 1 is 1.32 bits per heavy atom. The summed E-state index contributed by atoms with van der Waals surface area (Å²) in [7, 11) is 0. The second-order valence-electron chi connectivity index (χ2n) is 5.29. The third kappa shape index (κ3) is 2.45. The molecule has 0 amide bonds. The average Bonchev–Trinajstić information content (AvgIpc) is 2.84. The van der Waals surface area contributed by atoms with E-state index in [0.717, 1.165) is 34.5 Å². The highest BCUT2D eigenvalue weighted by atomic mass is 16.4. The summed E-state index contributed by atoms with van der Waals surface area (Å²) in [5.41, 5.74) is 3.78. The molecular formula is C17H17N3O2. The van der Waals surface area contributed by atoms with Gasteiger partial charge in [0.2, 0.25) is 0 Å². The summed E-state index contributed by atoms with van der Waals surface area (Å²) >= 11 is 0. The van der Waals surface area contributed by atoms with Crippen LogP contribution in [0.3, 0.4) is 0 Å². The number of fused-ring (bicyclic) bond motifs is 1. The summed E-state index contributed by atoms with van der Waals surface area (Å²) < 4.78 is 2.00. The van der Waals surface area contributed by atoms with Gasteiger partial charge in [-0.2, -0.15) is 0 Å². The predicted octanol–water partition coefficient (Wildman–Crippen LogP) is 3.05. The van der Waals surface area contributed by atoms with Crippen LogP contribution in [0.4, 0.5) is 0 Å². The van der Waals surface area contributed by atoms with Gasteiger partial charge in [-0.05, 0) is 30.2 Å². The number of nitrogens with zero attached hydrogens (tertiary/aromatic N) is 3. The van der Waals surface area contributed by atoms with Crippen molar-refractivity contribution in [2.75, 3.05) is 0 Å². The third-order valence-electron chi connectivity index (χ3n) is 3.69. The first-order valence-corrected chi connectivity index (χ1v) is 7.23. The van der Waals surface area contributed by atoms with E-state index in [1.165, 1.54) is 0 Å². The number of aromatic carboxylic acids is 1. The number of hydrogen-bond acceptors (Lipinski definition) is 3. The minimum Gasteiger partial charge on any atom is -0.478 e. The van der Waals surface area contributed by atoms with Crippen LogP contribution in [0, 0.1) is 6.92 Å². The number of rotatable bonds is 4. The maximum atomic E-state index is 11.4. The lowest BCUT2D eigenvalue weighted by atomic mass is 10.1. The number of carbonyl (C=O) groups is 1. The van der Waals surface area contributed by atoms with Crippen molar-refractivity contribution in [3.63, 3.8) is 0 Å². The van der Waals surface area contributed by atoms with Crippen molar-refractivity contribution in [3.05, 3.63) is 59.0 Å². The zero-order valence-electron chi connectivity index (χ0n) is 12.6. The molecule has 0 atom stereocenters. The van der Waals surface area contributed by atoms with Gasteiger partial charge in [0.1, 0.15) is 11.3 Å². The fourth-order valence-electron chi connectivity index (χ4n) is 2.63. The molecule has 3 rings (SSSR count). The number of aryl methyl sites for hydroxylation is 2. The van der Waals surface area contributed by atoms with E-state index in [-0.39, 0.29) is 0 Å². The first-order chi connectivity index (χ1) is 10.6. The van der Waals surface area contributed by atoms with Gasteiger partial charge in [-0.25, -0.2) is 14.8 Å². The van der Waals surface area contributed by atoms with Crippen molar-refractivity contribution in [2.45, 2.75) is 26.8 Å². The Hall–Kier alpha value is -2.69. The summed E-state index contributed by atoms with van der Waals surface area (Å²) in [5, 5.41) is 9.33. The fourth-order valence-corrected chi connectivity index (χ4v) is 2.63. The zero-order valence-corrected chi connectivity index (χ0v) is 12.6. The van der Waals surface area contributed by atoms with Crippen LogP contribution < -0.4 is 0 Å². The predicted molar refractivity (Wildman–Crippen MR) is 84.1 cm³/mol. The van der Waals surface area contributed by atoms with E-state index < -0.39 is 5.97 Å². The van der Waals surface area contributed by atoms with Gasteiger partial charge >= 0.3 is 5.97 Å². The SMILES string of the molecule is CCc1nc2cc(C)cnc2n1Cc1ccccc1C(=O)O. The Morgan fingerprint density at radius 2 is 2.09 bits per heavy atom. The van der Waals surface area contributed by atoms with Gasteiger partial charge in [0, 0.05) is 12.6 Å². The van der Waals surface area contributed by atoms with E-state index >= 15 is 0 Å². The number of pyridine rings is 1. The first-order valence-electron chi connectivity index (χ1n) is 7.23. The monoisotopic (exact) mass is 295 g/mol. The second-order valence-corrected chi connectivity index (χ2v) is 5.29. The number of aromatic nitrogens is 3. The fraction of sp³-hybridized carbons (Fsp3) is 0.235. The molecular weight excluding hydrogens is 278 g/mol. The molecule has 3 aromatic rings. The summed E-state index contributed by atoms with van der Waals surface area (Å²) in [5.74, 6) is -0.00448. The van der Waals surface area contributed by atoms with Crippen LogP contribution in [0.5, 0.6) is 0 Å². The molecule has 0 bridgehead atoms. The lowest BCUT2D eigenvalue weighted by Gasteiger charge is -2.10. The standard InChI is InChI=1S/C17H17N3O2/c1-3-15-19-14-8-11(2)9-18-16(14)20(15)10-12-6-4-5-7-13(12)17(21)22/h4-9H,3,10H2,1-2H3,(H,21,22). The van der Waals surface area contributed by atoms with Gasteiger partial charge < -0.3 is 9.67 Å². The number of carboxylic acid groups (broad SMARTS) is 1. The molecule has 0 saturated heterocycles. The summed E-state index contributed by atoms with van der Waals surface area (Å²) in [4.78, 5) is 20.5. The van der Waals surface area contributed by atoms with Gasteiger partial charge in [0.05, 0.1) is 12.1 Å². The molecule has 5 heteroatoms. The number of imidazole rings is 1. The first kappa shape index (κ1) is 14.3. The maximum Gasteiger partial charge on any atom is 0.336 e. The van der Waals surface area contributed by atoms with E-state index in [1.54, 1.807) is 12.1 Å². The zero-order chi connectivity index (χ0) is 15.7. The molecule has 0 radical (unpaired) electrons. The molecule has 0 spiro atoms. The molecule has 22 heavy (non-hydrogen) atoms. The molecule has 1 N–H and O–H groups in total. The Bertz CT molecular complexity index is 852. The van der Waals surface area contributed by atoms with Crippen LogP contribution >= 0.6 is 0 Å². The number of hydrogen-bond donors (Lipinski definition) is 1. The third-order valence-corrected chi connectivity index (χ3v) is 3.69. The van der Waals surface area contributed by atoms with Crippen LogP contribution in [0.2, 0.25) is 0 Å². The summed E-state index contributed by atoms with van der Waals surface area (Å²) in [6, 6.07) is 9.05. The van der Waals surface area contributed by atoms with Crippen molar-refractivity contribution >= 4 is 17.1 Å². The molecule has 5 nitrogen and oxygen atoms in total. The van der Waals surface area contributed by atoms with Crippen molar-refractivity contribution in [1.82, 2.24) is 14.5 Å². The molecule has 0 aliphatic carbocycles. The molecule has 0 fully saturated rings. The smallest absolute Gasteiger partial charge is 0.336 e. The van der Waals surface area contributed by atoms with E-state index in [1.807, 2.05) is 42.8 Å². The van der Waals surface area contributed by atoms with Crippen LogP contribution in [0.15, 0.2) is 36.5 Å². The molecule has 0 aliphatic rings. The number of carboxylic acids is 1. The van der Waals surface area contributed by atoms with Crippen molar-refractivity contribution in [3.8, 4) is 0 Å². The summed E-state index contributed by atoms with van der Waals surface area (Å²) in [6.07, 6.45) is 2.58. The summed E-state index contributed by atoms with van der Waals surface area (Å²) in [6.45, 7) is 4.47. The molecule has 0 unspecified atom stereocenters. The van der Waals surface area contributed by atoms with Gasteiger partial charge in [-0.1, -0.05) is 25.1 Å². The minimum absolute atomic E-state index is 0.318. The molecule has 0 saturated carbocycles. The van der Waals surface area contributed by atoms with Crippen molar-refractivity contribution < 1.29 is 9.90 Å². The van der Waals surface area contributed by atoms with Crippen molar-refractivity contribution in [1.29, 1.82) is 0 Å². The lowest BCUT2D eigenvalue weighted by molar-refractivity contribution is 0.0695. The topological polar surface area (TPSA) is 68.0 Å². The number of benzene rings is 1. The minimum atomic E-state index is -0.915. The Balaban J connectivity index is 2.13. The van der Waals surface area contributed by atoms with Gasteiger partial charge in [0.25, 0.3) is 0 Å². The molecule has 0 aliphatic heterocycles. The van der Waals surface area contributed by atoms with Crippen LogP contribution in [-0.2, 0) is 13.0 Å². The highest BCUT2D eigenvalue weighted by Crippen LogP contribution is 2.19. The second kappa shape index (κ2) is 5.60. The quantitative estimate of drug-likeness (QED) is 0.803. The van der Waals surface area contributed by atoms with E-state index in [2.05, 4.69) is 9.97 Å². The Labute approximate surface area is 128 Å². The van der Waals surface area contributed by atoms with Crippen LogP contribution in [0.25, 0.3) is 11.2 Å². The van der Waals surface area contributed by atoms with Crippen molar-refractivity contribution in [2.24, 2.45) is 0 Å². The van der Waals surface area contributed by atoms with Gasteiger partial charge in [-0.3, -0.25) is 0 Å². The maximum absolute atomic E-state index is 11.4. The average molecular weight is 295 g/mol.